The molecule has 0 bridgehead atoms. The number of fused-ring (bicyclic) bond motifs is 1. The molecular formula is C17H18N4O3. The van der Waals surface area contributed by atoms with Crippen LogP contribution in [0.25, 0.3) is 5.65 Å². The molecule has 1 N–H and O–H groups in total. The quantitative estimate of drug-likeness (QED) is 0.700. The molecule has 0 fully saturated rings. The summed E-state index contributed by atoms with van der Waals surface area (Å²) >= 11 is 0. The van der Waals surface area contributed by atoms with Crippen molar-refractivity contribution in [1.82, 2.24) is 14.4 Å². The molecular weight excluding hydrogens is 308 g/mol. The Balaban J connectivity index is 1.65. The van der Waals surface area contributed by atoms with Crippen molar-refractivity contribution < 1.29 is 14.3 Å². The molecule has 0 radical (unpaired) electrons. The molecule has 7 heteroatoms. The fraction of sp³-hybridized carbons (Fsp3) is 0.235. The van der Waals surface area contributed by atoms with Crippen LogP contribution in [-0.4, -0.2) is 41.1 Å². The normalized spacial score (nSPS) is 10.6. The number of pyridine rings is 2. The maximum absolute atomic E-state index is 11.6. The molecule has 0 saturated carbocycles. The highest BCUT2D eigenvalue weighted by Crippen LogP contribution is 2.19. The van der Waals surface area contributed by atoms with Gasteiger partial charge in [-0.25, -0.2) is 9.78 Å². The van der Waals surface area contributed by atoms with Gasteiger partial charge in [0.1, 0.15) is 17.0 Å². The van der Waals surface area contributed by atoms with Crippen molar-refractivity contribution in [1.29, 1.82) is 0 Å². The second-order valence-corrected chi connectivity index (χ2v) is 5.12. The number of carbonyl (C=O) groups is 1. The molecule has 7 nitrogen and oxygen atoms in total. The third-order valence-corrected chi connectivity index (χ3v) is 3.56. The van der Waals surface area contributed by atoms with E-state index < -0.39 is 5.97 Å². The van der Waals surface area contributed by atoms with Crippen LogP contribution in [0.3, 0.4) is 0 Å². The lowest BCUT2D eigenvalue weighted by atomic mass is 10.2. The summed E-state index contributed by atoms with van der Waals surface area (Å²) in [6, 6.07) is 9.25. The number of rotatable bonds is 6. The van der Waals surface area contributed by atoms with Crippen LogP contribution in [-0.2, 0) is 11.2 Å². The smallest absolute Gasteiger partial charge is 0.343 e. The number of imidazole rings is 1. The first kappa shape index (κ1) is 15.8. The number of nitrogens with one attached hydrogen (secondary N) is 1. The Morgan fingerprint density at radius 2 is 2.08 bits per heavy atom. The molecule has 3 aromatic rings. The van der Waals surface area contributed by atoms with E-state index in [-0.39, 0.29) is 5.88 Å². The number of anilines is 1. The van der Waals surface area contributed by atoms with Crippen LogP contribution in [0.4, 0.5) is 5.82 Å². The Kier molecular flexibility index (Phi) is 4.60. The number of aromatic nitrogens is 3. The summed E-state index contributed by atoms with van der Waals surface area (Å²) < 4.78 is 11.8. The van der Waals surface area contributed by atoms with Crippen LogP contribution in [0.15, 0.2) is 42.7 Å². The summed E-state index contributed by atoms with van der Waals surface area (Å²) in [6.45, 7) is 0.664. The van der Waals surface area contributed by atoms with Crippen LogP contribution in [0.1, 0.15) is 16.1 Å². The third kappa shape index (κ3) is 3.29. The van der Waals surface area contributed by atoms with E-state index in [0.717, 1.165) is 17.8 Å². The van der Waals surface area contributed by atoms with Gasteiger partial charge in [-0.1, -0.05) is 6.07 Å². The number of nitrogens with zero attached hydrogens (tertiary/aromatic N) is 3. The fourth-order valence-electron chi connectivity index (χ4n) is 2.39. The monoisotopic (exact) mass is 326 g/mol. The lowest BCUT2D eigenvalue weighted by molar-refractivity contribution is 0.0596. The van der Waals surface area contributed by atoms with Crippen LogP contribution in [0.2, 0.25) is 0 Å². The number of carbonyl (C=O) groups excluding carboxylic acids is 1. The van der Waals surface area contributed by atoms with Gasteiger partial charge in [0.2, 0.25) is 5.88 Å². The highest BCUT2D eigenvalue weighted by Gasteiger charge is 2.14. The molecule has 3 heterocycles. The standard InChI is InChI=1S/C17H18N4O3/c1-23-16-13(17(22)24-2)6-7-14(20-16)18-9-8-12-11-21-10-4-3-5-15(21)19-12/h3-7,10-11H,8-9H2,1-2H3,(H,18,20). The van der Waals surface area contributed by atoms with Gasteiger partial charge >= 0.3 is 5.97 Å². The van der Waals surface area contributed by atoms with Gasteiger partial charge in [-0.05, 0) is 24.3 Å². The second-order valence-electron chi connectivity index (χ2n) is 5.12. The summed E-state index contributed by atoms with van der Waals surface area (Å²) in [7, 11) is 2.79. The highest BCUT2D eigenvalue weighted by atomic mass is 16.5. The van der Waals surface area contributed by atoms with Gasteiger partial charge in [-0.15, -0.1) is 0 Å². The van der Waals surface area contributed by atoms with Crippen molar-refractivity contribution >= 4 is 17.4 Å². The van der Waals surface area contributed by atoms with Crippen LogP contribution < -0.4 is 10.1 Å². The first-order valence-electron chi connectivity index (χ1n) is 7.51. The molecule has 0 aliphatic carbocycles. The van der Waals surface area contributed by atoms with E-state index in [2.05, 4.69) is 15.3 Å². The van der Waals surface area contributed by atoms with E-state index in [4.69, 9.17) is 9.47 Å². The molecule has 0 spiro atoms. The Morgan fingerprint density at radius 1 is 1.21 bits per heavy atom. The number of esters is 1. The summed E-state index contributed by atoms with van der Waals surface area (Å²) in [6.07, 6.45) is 4.73. The van der Waals surface area contributed by atoms with Gasteiger partial charge in [0, 0.05) is 25.4 Å². The minimum Gasteiger partial charge on any atom is -0.480 e. The first-order chi connectivity index (χ1) is 11.7. The Labute approximate surface area is 139 Å². The molecule has 0 amide bonds. The Morgan fingerprint density at radius 3 is 2.83 bits per heavy atom. The van der Waals surface area contributed by atoms with Crippen molar-refractivity contribution in [3.63, 3.8) is 0 Å². The lowest BCUT2D eigenvalue weighted by Gasteiger charge is -2.09. The number of hydrogen-bond acceptors (Lipinski definition) is 6. The van der Waals surface area contributed by atoms with E-state index in [0.29, 0.717) is 17.9 Å². The van der Waals surface area contributed by atoms with E-state index in [1.54, 1.807) is 12.1 Å². The Bertz CT molecular complexity index is 827. The summed E-state index contributed by atoms with van der Waals surface area (Å²) in [4.78, 5) is 20.4. The molecule has 0 saturated heterocycles. The molecule has 0 aliphatic rings. The number of methoxy groups -OCH3 is 2. The van der Waals surface area contributed by atoms with E-state index in [9.17, 15) is 4.79 Å². The van der Waals surface area contributed by atoms with Crippen LogP contribution >= 0.6 is 0 Å². The zero-order valence-electron chi connectivity index (χ0n) is 13.5. The fourth-order valence-corrected chi connectivity index (χ4v) is 2.39. The van der Waals surface area contributed by atoms with Crippen molar-refractivity contribution in [2.75, 3.05) is 26.1 Å². The minimum absolute atomic E-state index is 0.236. The van der Waals surface area contributed by atoms with Gasteiger partial charge < -0.3 is 19.2 Å². The maximum Gasteiger partial charge on any atom is 0.343 e. The summed E-state index contributed by atoms with van der Waals surface area (Å²) in [5, 5.41) is 3.20. The van der Waals surface area contributed by atoms with Gasteiger partial charge in [-0.2, -0.15) is 4.98 Å². The molecule has 0 aromatic carbocycles. The van der Waals surface area contributed by atoms with Gasteiger partial charge in [0.15, 0.2) is 0 Å². The second kappa shape index (κ2) is 6.99. The minimum atomic E-state index is -0.476. The average Bonchev–Trinajstić information content (AvgIpc) is 3.03. The maximum atomic E-state index is 11.6. The molecule has 24 heavy (non-hydrogen) atoms. The topological polar surface area (TPSA) is 77.8 Å². The van der Waals surface area contributed by atoms with Crippen molar-refractivity contribution in [2.45, 2.75) is 6.42 Å². The summed E-state index contributed by atoms with van der Waals surface area (Å²) in [5.41, 5.74) is 2.22. The average molecular weight is 326 g/mol. The van der Waals surface area contributed by atoms with E-state index in [1.807, 2.05) is 35.0 Å². The molecule has 0 atom stereocenters. The predicted molar refractivity (Wildman–Crippen MR) is 89.5 cm³/mol. The summed E-state index contributed by atoms with van der Waals surface area (Å²) in [5.74, 6) is 0.387. The largest absolute Gasteiger partial charge is 0.480 e. The van der Waals surface area contributed by atoms with Gasteiger partial charge in [-0.3, -0.25) is 0 Å². The predicted octanol–water partition coefficient (Wildman–Crippen LogP) is 2.18. The van der Waals surface area contributed by atoms with Crippen molar-refractivity contribution in [2.24, 2.45) is 0 Å². The van der Waals surface area contributed by atoms with E-state index in [1.165, 1.54) is 14.2 Å². The zero-order chi connectivity index (χ0) is 16.9. The number of ether oxygens (including phenoxy) is 2. The third-order valence-electron chi connectivity index (χ3n) is 3.56. The zero-order valence-corrected chi connectivity index (χ0v) is 13.5. The SMILES string of the molecule is COC(=O)c1ccc(NCCc2cn3ccccc3n2)nc1OC. The first-order valence-corrected chi connectivity index (χ1v) is 7.51. The molecule has 3 aromatic heterocycles. The van der Waals surface area contributed by atoms with Crippen LogP contribution in [0, 0.1) is 0 Å². The molecule has 0 unspecified atom stereocenters. The van der Waals surface area contributed by atoms with Crippen molar-refractivity contribution in [3.05, 3.63) is 54.0 Å². The lowest BCUT2D eigenvalue weighted by Crippen LogP contribution is -2.10. The van der Waals surface area contributed by atoms with Crippen molar-refractivity contribution in [3.8, 4) is 5.88 Å². The molecule has 3 rings (SSSR count). The number of hydrogen-bond donors (Lipinski definition) is 1. The van der Waals surface area contributed by atoms with Crippen LogP contribution in [0.5, 0.6) is 5.88 Å². The molecule has 0 aliphatic heterocycles. The van der Waals surface area contributed by atoms with E-state index >= 15 is 0 Å². The Hall–Kier alpha value is -3.09. The molecule has 124 valence electrons. The van der Waals surface area contributed by atoms with Gasteiger partial charge in [0.05, 0.1) is 19.9 Å². The van der Waals surface area contributed by atoms with Gasteiger partial charge in [0.25, 0.3) is 0 Å². The highest BCUT2D eigenvalue weighted by molar-refractivity contribution is 5.92.